The summed E-state index contributed by atoms with van der Waals surface area (Å²) in [5.41, 5.74) is -1.27. The molecule has 23 heavy (non-hydrogen) atoms. The van der Waals surface area contributed by atoms with E-state index in [4.69, 9.17) is 5.26 Å². The molecule has 0 amide bonds. The highest BCUT2D eigenvalue weighted by Gasteiger charge is 2.52. The Morgan fingerprint density at radius 3 is 2.70 bits per heavy atom. The van der Waals surface area contributed by atoms with Crippen molar-refractivity contribution in [1.82, 2.24) is 15.4 Å². The molecule has 7 nitrogen and oxygen atoms in total. The lowest BCUT2D eigenvalue weighted by Crippen LogP contribution is -2.47. The summed E-state index contributed by atoms with van der Waals surface area (Å²) in [6.45, 7) is 7.34. The monoisotopic (exact) mass is 319 g/mol. The molecule has 123 valence electrons. The summed E-state index contributed by atoms with van der Waals surface area (Å²) < 4.78 is 13.2. The standard InChI is InChI=1S/C15H20FN6O/c1-14(2)8-10(15(3,4)22(14)23)19-13(18-9-17)21-12-7-5-6-11(16)20-12/h5-7,10H,8H2,1-4H3,(H2,18,19,20,21). The number of aliphatic imine (C=N–C) groups is 1. The van der Waals surface area contributed by atoms with Crippen molar-refractivity contribution >= 4 is 11.8 Å². The lowest BCUT2D eigenvalue weighted by Gasteiger charge is -2.32. The van der Waals surface area contributed by atoms with Gasteiger partial charge in [-0.05, 0) is 46.2 Å². The molecule has 2 rings (SSSR count). The number of aromatic nitrogens is 1. The third kappa shape index (κ3) is 3.57. The van der Waals surface area contributed by atoms with E-state index < -0.39 is 17.0 Å². The Balaban J connectivity index is 2.27. The number of guanidine groups is 1. The second kappa shape index (κ2) is 6.10. The second-order valence-electron chi connectivity index (χ2n) is 6.67. The predicted molar refractivity (Wildman–Crippen MR) is 83.1 cm³/mol. The third-order valence-electron chi connectivity index (χ3n) is 4.00. The van der Waals surface area contributed by atoms with Crippen LogP contribution in [0.4, 0.5) is 10.2 Å². The van der Waals surface area contributed by atoms with Gasteiger partial charge in [-0.2, -0.15) is 9.65 Å². The molecule has 1 aromatic rings. The van der Waals surface area contributed by atoms with Gasteiger partial charge in [0.15, 0.2) is 6.19 Å². The fraction of sp³-hybridized carbons (Fsp3) is 0.533. The van der Waals surface area contributed by atoms with Crippen molar-refractivity contribution in [1.29, 1.82) is 5.26 Å². The first-order valence-corrected chi connectivity index (χ1v) is 7.27. The number of anilines is 1. The second-order valence-corrected chi connectivity index (χ2v) is 6.67. The maximum atomic E-state index is 13.2. The zero-order chi connectivity index (χ0) is 17.3. The molecule has 2 N–H and O–H groups in total. The van der Waals surface area contributed by atoms with Gasteiger partial charge in [-0.25, -0.2) is 9.98 Å². The highest BCUT2D eigenvalue weighted by Crippen LogP contribution is 2.41. The summed E-state index contributed by atoms with van der Waals surface area (Å²) in [6.07, 6.45) is 2.32. The molecule has 1 unspecified atom stereocenters. The number of rotatable bonds is 2. The molecule has 1 aliphatic heterocycles. The van der Waals surface area contributed by atoms with Gasteiger partial charge in [0.2, 0.25) is 11.9 Å². The minimum absolute atomic E-state index is 0.134. The van der Waals surface area contributed by atoms with Gasteiger partial charge >= 0.3 is 0 Å². The van der Waals surface area contributed by atoms with Crippen LogP contribution in [0.5, 0.6) is 0 Å². The van der Waals surface area contributed by atoms with E-state index in [2.05, 4.69) is 20.6 Å². The zero-order valence-electron chi connectivity index (χ0n) is 13.6. The molecular weight excluding hydrogens is 299 g/mol. The average molecular weight is 319 g/mol. The van der Waals surface area contributed by atoms with Crippen molar-refractivity contribution in [3.63, 3.8) is 0 Å². The van der Waals surface area contributed by atoms with Gasteiger partial charge in [0.25, 0.3) is 0 Å². The quantitative estimate of drug-likeness (QED) is 0.286. The first-order chi connectivity index (χ1) is 10.7. The van der Waals surface area contributed by atoms with Gasteiger partial charge in [0, 0.05) is 5.54 Å². The number of halogens is 1. The first-order valence-electron chi connectivity index (χ1n) is 7.27. The Morgan fingerprint density at radius 1 is 1.48 bits per heavy atom. The maximum absolute atomic E-state index is 13.2. The fourth-order valence-corrected chi connectivity index (χ4v) is 2.83. The van der Waals surface area contributed by atoms with Crippen LogP contribution < -0.4 is 10.6 Å². The summed E-state index contributed by atoms with van der Waals surface area (Å²) in [7, 11) is 0. The largest absolute Gasteiger partial charge is 0.310 e. The van der Waals surface area contributed by atoms with Crippen LogP contribution in [0.1, 0.15) is 34.1 Å². The van der Waals surface area contributed by atoms with Crippen LogP contribution in [0.15, 0.2) is 23.2 Å². The number of hydroxylamine groups is 2. The smallest absolute Gasteiger partial charge is 0.214 e. The summed E-state index contributed by atoms with van der Waals surface area (Å²) in [6, 6.07) is 3.95. The minimum atomic E-state index is -0.719. The molecule has 2 heterocycles. The fourth-order valence-electron chi connectivity index (χ4n) is 2.83. The molecule has 1 fully saturated rings. The van der Waals surface area contributed by atoms with E-state index >= 15 is 0 Å². The normalized spacial score (nSPS) is 23.3. The van der Waals surface area contributed by atoms with Crippen LogP contribution in [-0.4, -0.2) is 33.1 Å². The van der Waals surface area contributed by atoms with E-state index in [0.29, 0.717) is 6.42 Å². The molecule has 1 atom stereocenters. The van der Waals surface area contributed by atoms with Crippen LogP contribution in [0.2, 0.25) is 0 Å². The molecule has 0 spiro atoms. The van der Waals surface area contributed by atoms with Crippen molar-refractivity contribution in [2.75, 3.05) is 5.32 Å². The van der Waals surface area contributed by atoms with E-state index in [1.807, 2.05) is 27.7 Å². The van der Waals surface area contributed by atoms with Crippen molar-refractivity contribution in [3.05, 3.63) is 24.1 Å². The predicted octanol–water partition coefficient (Wildman–Crippen LogP) is 2.04. The lowest BCUT2D eigenvalue weighted by atomic mass is 9.95. The highest BCUT2D eigenvalue weighted by atomic mass is 19.1. The molecular formula is C15H20FN6O. The summed E-state index contributed by atoms with van der Waals surface area (Å²) in [5.74, 6) is -0.283. The van der Waals surface area contributed by atoms with Crippen LogP contribution in [-0.2, 0) is 5.21 Å². The Morgan fingerprint density at radius 2 is 2.17 bits per heavy atom. The van der Waals surface area contributed by atoms with E-state index in [9.17, 15) is 9.60 Å². The van der Waals surface area contributed by atoms with Crippen LogP contribution >= 0.6 is 0 Å². The number of nitriles is 1. The van der Waals surface area contributed by atoms with Gasteiger partial charge in [-0.15, -0.1) is 10.3 Å². The van der Waals surface area contributed by atoms with Gasteiger partial charge in [0.05, 0.1) is 11.6 Å². The average Bonchev–Trinajstić information content (AvgIpc) is 2.59. The number of hydrogen-bond acceptors (Lipinski definition) is 4. The van der Waals surface area contributed by atoms with Crippen molar-refractivity contribution in [3.8, 4) is 6.19 Å². The van der Waals surface area contributed by atoms with Crippen molar-refractivity contribution in [2.45, 2.75) is 51.2 Å². The summed E-state index contributed by atoms with van der Waals surface area (Å²) in [4.78, 5) is 8.13. The van der Waals surface area contributed by atoms with E-state index in [0.717, 1.165) is 5.06 Å². The number of pyridine rings is 1. The Bertz CT molecular complexity index is 652. The molecule has 1 aromatic heterocycles. The SMILES string of the molecule is CC1(C)CC(N=C(NC#N)Nc2cccc(F)n2)C(C)(C)N1[O]. The third-order valence-corrected chi connectivity index (χ3v) is 4.00. The Hall–Kier alpha value is -2.24. The van der Waals surface area contributed by atoms with Crippen LogP contribution in [0, 0.1) is 17.4 Å². The molecule has 1 saturated heterocycles. The van der Waals surface area contributed by atoms with Crippen LogP contribution in [0.25, 0.3) is 0 Å². The topological polar surface area (TPSA) is 96.2 Å². The molecule has 0 saturated carbocycles. The highest BCUT2D eigenvalue weighted by molar-refractivity contribution is 5.93. The maximum Gasteiger partial charge on any atom is 0.214 e. The Labute approximate surface area is 134 Å². The minimum Gasteiger partial charge on any atom is -0.310 e. The van der Waals surface area contributed by atoms with Gasteiger partial charge < -0.3 is 5.32 Å². The van der Waals surface area contributed by atoms with E-state index in [1.165, 1.54) is 12.1 Å². The molecule has 1 aliphatic rings. The molecule has 0 bridgehead atoms. The number of nitrogens with one attached hydrogen (secondary N) is 2. The van der Waals surface area contributed by atoms with Crippen LogP contribution in [0.3, 0.4) is 0 Å². The van der Waals surface area contributed by atoms with E-state index in [1.54, 1.807) is 12.3 Å². The van der Waals surface area contributed by atoms with Gasteiger partial charge in [-0.1, -0.05) is 6.07 Å². The zero-order valence-corrected chi connectivity index (χ0v) is 13.6. The summed E-state index contributed by atoms with van der Waals surface area (Å²) in [5, 5.41) is 27.5. The molecule has 1 radical (unpaired) electrons. The molecule has 8 heteroatoms. The number of hydrogen-bond donors (Lipinski definition) is 2. The molecule has 0 aromatic carbocycles. The summed E-state index contributed by atoms with van der Waals surface area (Å²) >= 11 is 0. The Kier molecular flexibility index (Phi) is 4.54. The first kappa shape index (κ1) is 17.1. The lowest BCUT2D eigenvalue weighted by molar-refractivity contribution is -0.245. The molecule has 0 aliphatic carbocycles. The number of nitrogens with zero attached hydrogens (tertiary/aromatic N) is 4. The van der Waals surface area contributed by atoms with Gasteiger partial charge in [-0.3, -0.25) is 5.32 Å². The van der Waals surface area contributed by atoms with Crippen molar-refractivity contribution < 1.29 is 9.60 Å². The van der Waals surface area contributed by atoms with Crippen molar-refractivity contribution in [2.24, 2.45) is 4.99 Å². The van der Waals surface area contributed by atoms with Gasteiger partial charge in [0.1, 0.15) is 5.82 Å². The van der Waals surface area contributed by atoms with E-state index in [-0.39, 0.29) is 17.8 Å².